The van der Waals surface area contributed by atoms with Crippen LogP contribution in [0.4, 0.5) is 18.9 Å². The highest BCUT2D eigenvalue weighted by atomic mass is 35.5. The van der Waals surface area contributed by atoms with Crippen molar-refractivity contribution in [3.8, 4) is 16.8 Å². The first-order valence-electron chi connectivity index (χ1n) is 17.8. The quantitative estimate of drug-likeness (QED) is 0.163. The number of carbonyl (C=O) groups excluding carboxylic acids is 2. The van der Waals surface area contributed by atoms with E-state index in [0.29, 0.717) is 48.0 Å². The van der Waals surface area contributed by atoms with Gasteiger partial charge in [0.2, 0.25) is 11.8 Å². The molecule has 4 heterocycles. The van der Waals surface area contributed by atoms with Crippen LogP contribution in [-0.2, 0) is 14.4 Å². The number of aliphatic carboxylic acids is 1. The van der Waals surface area contributed by atoms with E-state index < -0.39 is 29.7 Å². The molecule has 2 amide bonds. The van der Waals surface area contributed by atoms with Crippen LogP contribution in [0.3, 0.4) is 0 Å². The first-order chi connectivity index (χ1) is 26.8. The molecule has 57 heavy (non-hydrogen) atoms. The Bertz CT molecular complexity index is 2350. The number of halogens is 4. The lowest BCUT2D eigenvalue weighted by molar-refractivity contribution is -0.192. The average molecular weight is 824 g/mol. The van der Waals surface area contributed by atoms with E-state index in [1.807, 2.05) is 35.8 Å². The van der Waals surface area contributed by atoms with Crippen molar-refractivity contribution in [2.45, 2.75) is 70.6 Å². The van der Waals surface area contributed by atoms with Gasteiger partial charge in [-0.2, -0.15) is 13.2 Å². The molecule has 298 valence electrons. The number of piperidine rings is 1. The Morgan fingerprint density at radius 1 is 1.04 bits per heavy atom. The molecule has 1 atom stereocenters. The van der Waals surface area contributed by atoms with Gasteiger partial charge in [-0.05, 0) is 82.3 Å². The normalized spacial score (nSPS) is 17.0. The Hall–Kier alpha value is -5.57. The third-order valence-corrected chi connectivity index (χ3v) is 11.4. The zero-order chi connectivity index (χ0) is 41.4. The molecule has 1 saturated heterocycles. The Morgan fingerprint density at radius 2 is 1.68 bits per heavy atom. The molecule has 13 nitrogen and oxygen atoms in total. The second-order valence-corrected chi connectivity index (χ2v) is 15.7. The van der Waals surface area contributed by atoms with E-state index in [2.05, 4.69) is 41.2 Å². The van der Waals surface area contributed by atoms with E-state index in [1.165, 1.54) is 10.9 Å². The molecule has 4 aromatic rings. The fourth-order valence-electron chi connectivity index (χ4n) is 6.43. The molecular weight excluding hydrogens is 787 g/mol. The molecule has 1 aliphatic carbocycles. The number of aryl methyl sites for hydroxylation is 2. The summed E-state index contributed by atoms with van der Waals surface area (Å²) < 4.78 is 33.8. The summed E-state index contributed by atoms with van der Waals surface area (Å²) in [6.45, 7) is 6.92. The molecule has 2 aromatic carbocycles. The fourth-order valence-corrected chi connectivity index (χ4v) is 7.77. The molecule has 5 N–H and O–H groups in total. The van der Waals surface area contributed by atoms with Gasteiger partial charge in [0.1, 0.15) is 16.9 Å². The number of amides is 2. The highest BCUT2D eigenvalue weighted by Crippen LogP contribution is 2.40. The number of thiophene rings is 1. The Labute approximate surface area is 333 Å². The summed E-state index contributed by atoms with van der Waals surface area (Å²) in [5.74, 6) is 2.78. The molecule has 1 saturated carbocycles. The van der Waals surface area contributed by atoms with Gasteiger partial charge in [0.15, 0.2) is 5.82 Å². The Balaban J connectivity index is 0.000000719. The lowest BCUT2D eigenvalue weighted by atomic mass is 9.95. The van der Waals surface area contributed by atoms with Crippen molar-refractivity contribution in [3.05, 3.63) is 91.8 Å². The zero-order valence-electron chi connectivity index (χ0n) is 30.9. The highest BCUT2D eigenvalue weighted by Gasteiger charge is 2.39. The molecule has 0 bridgehead atoms. The number of alkyl halides is 3. The summed E-state index contributed by atoms with van der Waals surface area (Å²) in [7, 11) is 0. The van der Waals surface area contributed by atoms with Crippen molar-refractivity contribution in [2.24, 2.45) is 16.6 Å². The number of carboxylic acids is 2. The second kappa shape index (κ2) is 16.1. The van der Waals surface area contributed by atoms with Gasteiger partial charge >= 0.3 is 18.1 Å². The summed E-state index contributed by atoms with van der Waals surface area (Å²) in [5, 5.41) is 30.2. The van der Waals surface area contributed by atoms with Gasteiger partial charge in [-0.15, -0.1) is 21.5 Å². The Kier molecular flexibility index (Phi) is 11.6. The predicted molar refractivity (Wildman–Crippen MR) is 206 cm³/mol. The molecule has 7 rings (SSSR count). The van der Waals surface area contributed by atoms with E-state index in [9.17, 15) is 32.7 Å². The highest BCUT2D eigenvalue weighted by molar-refractivity contribution is 7.15. The molecule has 2 aliphatic heterocycles. The number of carboxylic acid groups (broad SMARTS) is 2. The lowest BCUT2D eigenvalue weighted by Crippen LogP contribution is -2.41. The van der Waals surface area contributed by atoms with Crippen LogP contribution in [0, 0.1) is 38.5 Å². The molecule has 3 aliphatic rings. The minimum Gasteiger partial charge on any atom is -0.478 e. The summed E-state index contributed by atoms with van der Waals surface area (Å²) >= 11 is 7.89. The third-order valence-electron chi connectivity index (χ3n) is 9.94. The molecule has 2 fully saturated rings. The van der Waals surface area contributed by atoms with Crippen LogP contribution in [0.1, 0.15) is 87.3 Å². The van der Waals surface area contributed by atoms with Crippen LogP contribution in [-0.4, -0.2) is 84.1 Å². The van der Waals surface area contributed by atoms with Crippen molar-refractivity contribution in [1.82, 2.24) is 19.7 Å². The van der Waals surface area contributed by atoms with Gasteiger partial charge < -0.3 is 26.2 Å². The number of aromatic carboxylic acids is 1. The number of nitrogens with zero attached hydrogens (tertiary/aromatic N) is 5. The first-order valence-corrected chi connectivity index (χ1v) is 19.0. The van der Waals surface area contributed by atoms with Crippen molar-refractivity contribution >= 4 is 58.1 Å². The monoisotopic (exact) mass is 823 g/mol. The number of aliphatic imine (C=N–C) groups is 1. The number of likely N-dealkylation sites (tertiary alicyclic amines) is 1. The standard InChI is InChI=1S/C37H36ClN7O4S.C2HF3O2/c1-20-21(2)50-35-31(20)32(23-4-6-26(38)7-5-23)41-29(33-43-42-22(3)45(33)35)19-30(46)44-16-11-24(12-17-44)34(47)40-27-8-9-28(36(48)49)25(18-27)10-13-37(39)14-15-37;3-2(4,5)1(6)7/h4-9,18,24,29H,11-12,14-17,19,39H2,1-3H3,(H,40,47)(H,48,49);(H,6,7)/t29-;/m0./s1. The number of fused-ring (bicyclic) bond motifs is 3. The topological polar surface area (TPSA) is 193 Å². The van der Waals surface area contributed by atoms with Crippen LogP contribution < -0.4 is 11.1 Å². The maximum Gasteiger partial charge on any atom is 0.490 e. The summed E-state index contributed by atoms with van der Waals surface area (Å²) in [4.78, 5) is 56.0. The number of aromatic nitrogens is 3. The van der Waals surface area contributed by atoms with E-state index in [-0.39, 0.29) is 29.7 Å². The number of nitrogens with one attached hydrogen (secondary N) is 1. The number of anilines is 1. The largest absolute Gasteiger partial charge is 0.490 e. The molecule has 18 heteroatoms. The van der Waals surface area contributed by atoms with Crippen molar-refractivity contribution in [1.29, 1.82) is 0 Å². The minimum atomic E-state index is -5.08. The van der Waals surface area contributed by atoms with Crippen molar-refractivity contribution in [3.63, 3.8) is 0 Å². The lowest BCUT2D eigenvalue weighted by Gasteiger charge is -2.32. The third kappa shape index (κ3) is 9.19. The van der Waals surface area contributed by atoms with Crippen LogP contribution >= 0.6 is 22.9 Å². The zero-order valence-corrected chi connectivity index (χ0v) is 32.5. The molecule has 2 aromatic heterocycles. The first kappa shape index (κ1) is 41.1. The molecule has 0 radical (unpaired) electrons. The maximum atomic E-state index is 13.9. The number of hydrogen-bond acceptors (Lipinski definition) is 9. The Morgan fingerprint density at radius 3 is 2.28 bits per heavy atom. The van der Waals surface area contributed by atoms with Gasteiger partial charge in [-0.1, -0.05) is 35.6 Å². The van der Waals surface area contributed by atoms with Gasteiger partial charge in [-0.3, -0.25) is 19.1 Å². The summed E-state index contributed by atoms with van der Waals surface area (Å²) in [6.07, 6.45) is -2.46. The summed E-state index contributed by atoms with van der Waals surface area (Å²) in [5.41, 5.74) is 10.1. The maximum absolute atomic E-state index is 13.9. The molecule has 0 spiro atoms. The summed E-state index contributed by atoms with van der Waals surface area (Å²) in [6, 6.07) is 11.6. The van der Waals surface area contributed by atoms with Gasteiger partial charge in [0.25, 0.3) is 0 Å². The average Bonchev–Trinajstić information content (AvgIpc) is 3.71. The van der Waals surface area contributed by atoms with Crippen LogP contribution in [0.25, 0.3) is 5.00 Å². The van der Waals surface area contributed by atoms with Gasteiger partial charge in [0, 0.05) is 51.3 Å². The number of benzene rings is 2. The second-order valence-electron chi connectivity index (χ2n) is 14.0. The van der Waals surface area contributed by atoms with Crippen molar-refractivity contribution in [2.75, 3.05) is 18.4 Å². The SMILES string of the molecule is Cc1sc2c(c1C)C(c1ccc(Cl)cc1)=N[C@@H](CC(=O)N1CCC(C(=O)Nc3ccc(C(=O)O)c(C#CC4(N)CC4)c3)CC1)c1nnc(C)n1-2.O=C(O)C(F)(F)F. The number of carbonyl (C=O) groups is 4. The fraction of sp³-hybridized carbons (Fsp3) is 0.359. The number of rotatable bonds is 6. The smallest absolute Gasteiger partial charge is 0.478 e. The number of nitrogens with two attached hydrogens (primary N) is 1. The van der Waals surface area contributed by atoms with E-state index in [0.717, 1.165) is 46.1 Å². The van der Waals surface area contributed by atoms with E-state index >= 15 is 0 Å². The predicted octanol–water partition coefficient (Wildman–Crippen LogP) is 6.24. The van der Waals surface area contributed by atoms with E-state index in [4.69, 9.17) is 32.2 Å². The minimum absolute atomic E-state index is 0.0548. The van der Waals surface area contributed by atoms with Crippen LogP contribution in [0.2, 0.25) is 5.02 Å². The molecular formula is C39H37ClF3N7O6S. The van der Waals surface area contributed by atoms with Gasteiger partial charge in [0.05, 0.1) is 23.2 Å². The van der Waals surface area contributed by atoms with Gasteiger partial charge in [-0.25, -0.2) is 9.59 Å². The number of hydrogen-bond donors (Lipinski definition) is 4. The van der Waals surface area contributed by atoms with Crippen LogP contribution in [0.5, 0.6) is 0 Å². The van der Waals surface area contributed by atoms with Crippen LogP contribution in [0.15, 0.2) is 47.5 Å². The molecule has 0 unspecified atom stereocenters. The van der Waals surface area contributed by atoms with E-state index in [1.54, 1.807) is 28.4 Å². The van der Waals surface area contributed by atoms with Crippen molar-refractivity contribution < 1.29 is 42.6 Å².